The topological polar surface area (TPSA) is 66.6 Å². The Morgan fingerprint density at radius 2 is 2.15 bits per heavy atom. The fourth-order valence-corrected chi connectivity index (χ4v) is 2.71. The molecule has 0 spiro atoms. The van der Waals surface area contributed by atoms with Crippen molar-refractivity contribution in [2.75, 3.05) is 13.1 Å². The second-order valence-corrected chi connectivity index (χ2v) is 5.68. The average molecular weight is 276 g/mol. The van der Waals surface area contributed by atoms with Crippen LogP contribution in [0.4, 0.5) is 0 Å². The van der Waals surface area contributed by atoms with Gasteiger partial charge in [-0.2, -0.15) is 0 Å². The smallest absolute Gasteiger partial charge is 0.222 e. The molecule has 1 aliphatic rings. The number of carbonyl (C=O) groups is 1. The zero-order valence-corrected chi connectivity index (χ0v) is 12.0. The van der Waals surface area contributed by atoms with E-state index >= 15 is 0 Å². The second kappa shape index (κ2) is 6.86. The molecule has 1 amide bonds. The molecule has 0 aromatic heterocycles. The third-order valence-corrected chi connectivity index (χ3v) is 4.16. The van der Waals surface area contributed by atoms with Gasteiger partial charge in [0, 0.05) is 31.5 Å². The summed E-state index contributed by atoms with van der Waals surface area (Å²) in [6.07, 6.45) is 1.70. The van der Waals surface area contributed by atoms with Crippen LogP contribution in [-0.2, 0) is 4.79 Å². The number of aliphatic hydroxyl groups is 1. The van der Waals surface area contributed by atoms with Crippen LogP contribution >= 0.6 is 0 Å². The summed E-state index contributed by atoms with van der Waals surface area (Å²) in [6, 6.07) is 9.79. The van der Waals surface area contributed by atoms with Gasteiger partial charge in [0.05, 0.1) is 6.10 Å². The molecule has 3 N–H and O–H groups in total. The summed E-state index contributed by atoms with van der Waals surface area (Å²) in [7, 11) is 0. The Balaban J connectivity index is 1.78. The number of nitrogens with two attached hydrogens (primary N) is 1. The first-order valence-electron chi connectivity index (χ1n) is 7.34. The van der Waals surface area contributed by atoms with Crippen LogP contribution in [0, 0.1) is 5.92 Å². The predicted molar refractivity (Wildman–Crippen MR) is 79.0 cm³/mol. The fraction of sp³-hybridized carbons (Fsp3) is 0.562. The SMILES string of the molecule is CC(O)C1CCN(C(=O)CCC(N)c2ccccc2)C1. The zero-order valence-electron chi connectivity index (χ0n) is 12.0. The summed E-state index contributed by atoms with van der Waals surface area (Å²) in [5.74, 6) is 0.376. The van der Waals surface area contributed by atoms with Gasteiger partial charge in [-0.3, -0.25) is 4.79 Å². The lowest BCUT2D eigenvalue weighted by Crippen LogP contribution is -2.30. The normalized spacial score (nSPS) is 21.8. The van der Waals surface area contributed by atoms with Crippen molar-refractivity contribution in [2.24, 2.45) is 11.7 Å². The van der Waals surface area contributed by atoms with Gasteiger partial charge in [-0.25, -0.2) is 0 Å². The van der Waals surface area contributed by atoms with Gasteiger partial charge >= 0.3 is 0 Å². The number of hydrogen-bond acceptors (Lipinski definition) is 3. The molecule has 1 fully saturated rings. The molecule has 1 aromatic carbocycles. The molecule has 1 aromatic rings. The molecule has 0 saturated carbocycles. The Bertz CT molecular complexity index is 433. The van der Waals surface area contributed by atoms with Gasteiger partial charge in [0.2, 0.25) is 5.91 Å². The highest BCUT2D eigenvalue weighted by atomic mass is 16.3. The van der Waals surface area contributed by atoms with Crippen LogP contribution in [0.3, 0.4) is 0 Å². The van der Waals surface area contributed by atoms with Crippen molar-refractivity contribution >= 4 is 5.91 Å². The van der Waals surface area contributed by atoms with Gasteiger partial charge in [-0.05, 0) is 25.3 Å². The number of aliphatic hydroxyl groups excluding tert-OH is 1. The number of carbonyl (C=O) groups excluding carboxylic acids is 1. The molecular weight excluding hydrogens is 252 g/mol. The van der Waals surface area contributed by atoms with Crippen LogP contribution in [0.5, 0.6) is 0 Å². The summed E-state index contributed by atoms with van der Waals surface area (Å²) in [6.45, 7) is 3.23. The van der Waals surface area contributed by atoms with E-state index in [9.17, 15) is 9.90 Å². The highest BCUT2D eigenvalue weighted by molar-refractivity contribution is 5.76. The van der Waals surface area contributed by atoms with Crippen LogP contribution in [-0.4, -0.2) is 35.1 Å². The van der Waals surface area contributed by atoms with E-state index in [1.54, 1.807) is 6.92 Å². The molecule has 3 unspecified atom stereocenters. The first kappa shape index (κ1) is 15.0. The highest BCUT2D eigenvalue weighted by Crippen LogP contribution is 2.22. The van der Waals surface area contributed by atoms with Gasteiger partial charge in [-0.1, -0.05) is 30.3 Å². The highest BCUT2D eigenvalue weighted by Gasteiger charge is 2.28. The lowest BCUT2D eigenvalue weighted by atomic mass is 10.0. The molecular formula is C16H24N2O2. The monoisotopic (exact) mass is 276 g/mol. The molecule has 1 saturated heterocycles. The van der Waals surface area contributed by atoms with Gasteiger partial charge in [0.25, 0.3) is 0 Å². The van der Waals surface area contributed by atoms with E-state index in [0.29, 0.717) is 19.4 Å². The Kier molecular flexibility index (Phi) is 5.15. The fourth-order valence-electron chi connectivity index (χ4n) is 2.71. The van der Waals surface area contributed by atoms with Crippen LogP contribution in [0.2, 0.25) is 0 Å². The van der Waals surface area contributed by atoms with Crippen molar-refractivity contribution in [3.8, 4) is 0 Å². The lowest BCUT2D eigenvalue weighted by Gasteiger charge is -2.19. The summed E-state index contributed by atoms with van der Waals surface area (Å²) in [5, 5.41) is 9.56. The van der Waals surface area contributed by atoms with E-state index in [1.807, 2.05) is 35.2 Å². The van der Waals surface area contributed by atoms with Crippen molar-refractivity contribution < 1.29 is 9.90 Å². The first-order valence-corrected chi connectivity index (χ1v) is 7.34. The van der Waals surface area contributed by atoms with E-state index in [1.165, 1.54) is 0 Å². The van der Waals surface area contributed by atoms with E-state index < -0.39 is 0 Å². The largest absolute Gasteiger partial charge is 0.393 e. The van der Waals surface area contributed by atoms with Crippen LogP contribution in [0.25, 0.3) is 0 Å². The maximum Gasteiger partial charge on any atom is 0.222 e. The maximum absolute atomic E-state index is 12.1. The van der Waals surface area contributed by atoms with Gasteiger partial charge < -0.3 is 15.7 Å². The number of benzene rings is 1. The summed E-state index contributed by atoms with van der Waals surface area (Å²) < 4.78 is 0. The third-order valence-electron chi connectivity index (χ3n) is 4.16. The van der Waals surface area contributed by atoms with E-state index in [-0.39, 0.29) is 24.0 Å². The number of amides is 1. The van der Waals surface area contributed by atoms with Crippen LogP contribution in [0.1, 0.15) is 37.8 Å². The molecule has 4 heteroatoms. The van der Waals surface area contributed by atoms with Crippen LogP contribution in [0.15, 0.2) is 30.3 Å². The Hall–Kier alpha value is -1.39. The predicted octanol–water partition coefficient (Wildman–Crippen LogP) is 1.70. The van der Waals surface area contributed by atoms with Crippen molar-refractivity contribution in [2.45, 2.75) is 38.3 Å². The number of nitrogens with zero attached hydrogens (tertiary/aromatic N) is 1. The van der Waals surface area contributed by atoms with E-state index in [2.05, 4.69) is 0 Å². The van der Waals surface area contributed by atoms with E-state index in [4.69, 9.17) is 5.73 Å². The molecule has 20 heavy (non-hydrogen) atoms. The summed E-state index contributed by atoms with van der Waals surface area (Å²) in [5.41, 5.74) is 7.18. The molecule has 3 atom stereocenters. The molecule has 0 radical (unpaired) electrons. The number of likely N-dealkylation sites (tertiary alicyclic amines) is 1. The average Bonchev–Trinajstić information content (AvgIpc) is 2.95. The van der Waals surface area contributed by atoms with Crippen molar-refractivity contribution in [1.29, 1.82) is 0 Å². The van der Waals surface area contributed by atoms with Gasteiger partial charge in [0.15, 0.2) is 0 Å². The zero-order chi connectivity index (χ0) is 14.5. The number of hydrogen-bond donors (Lipinski definition) is 2. The van der Waals surface area contributed by atoms with Crippen LogP contribution < -0.4 is 5.73 Å². The minimum Gasteiger partial charge on any atom is -0.393 e. The summed E-state index contributed by atoms with van der Waals surface area (Å²) in [4.78, 5) is 14.0. The Labute approximate surface area is 120 Å². The van der Waals surface area contributed by atoms with Crippen molar-refractivity contribution in [3.05, 3.63) is 35.9 Å². The standard InChI is InChI=1S/C16H24N2O2/c1-12(19)14-9-10-18(11-14)16(20)8-7-15(17)13-5-3-2-4-6-13/h2-6,12,14-15,19H,7-11,17H2,1H3. The Morgan fingerprint density at radius 1 is 1.45 bits per heavy atom. The second-order valence-electron chi connectivity index (χ2n) is 5.68. The van der Waals surface area contributed by atoms with Gasteiger partial charge in [-0.15, -0.1) is 0 Å². The lowest BCUT2D eigenvalue weighted by molar-refractivity contribution is -0.130. The molecule has 1 aliphatic heterocycles. The minimum absolute atomic E-state index is 0.0877. The molecule has 0 aliphatic carbocycles. The Morgan fingerprint density at radius 3 is 2.75 bits per heavy atom. The van der Waals surface area contributed by atoms with E-state index in [0.717, 1.165) is 18.5 Å². The minimum atomic E-state index is -0.334. The third kappa shape index (κ3) is 3.81. The molecule has 0 bridgehead atoms. The molecule has 2 rings (SSSR count). The quantitative estimate of drug-likeness (QED) is 0.860. The maximum atomic E-state index is 12.1. The molecule has 4 nitrogen and oxygen atoms in total. The van der Waals surface area contributed by atoms with Crippen molar-refractivity contribution in [1.82, 2.24) is 4.90 Å². The first-order chi connectivity index (χ1) is 9.58. The van der Waals surface area contributed by atoms with Crippen molar-refractivity contribution in [3.63, 3.8) is 0 Å². The molecule has 1 heterocycles. The van der Waals surface area contributed by atoms with Gasteiger partial charge in [0.1, 0.15) is 0 Å². The number of rotatable bonds is 5. The molecule has 110 valence electrons. The summed E-state index contributed by atoms with van der Waals surface area (Å²) >= 11 is 0.